The number of carbonyl (C=O) groups excluding carboxylic acids is 1. The Balaban J connectivity index is 1.83. The molecular formula is C26H26F4N2O3S. The fraction of sp³-hybridized carbons (Fsp3) is 0.269. The van der Waals surface area contributed by atoms with E-state index >= 15 is 0 Å². The van der Waals surface area contributed by atoms with Gasteiger partial charge in [0.1, 0.15) is 11.2 Å². The normalized spacial score (nSPS) is 13.8. The Morgan fingerprint density at radius 1 is 1.06 bits per heavy atom. The quantitative estimate of drug-likeness (QED) is 0.415. The van der Waals surface area contributed by atoms with E-state index in [1.165, 1.54) is 25.1 Å². The number of carbonyl (C=O) groups is 1. The number of rotatable bonds is 7. The molecule has 0 saturated carbocycles. The molecule has 0 saturated heterocycles. The summed E-state index contributed by atoms with van der Waals surface area (Å²) in [6.45, 7) is 3.31. The molecule has 3 aromatic rings. The number of amides is 1. The Bertz CT molecular complexity index is 1390. The number of hydrogen-bond acceptors (Lipinski definition) is 4. The summed E-state index contributed by atoms with van der Waals surface area (Å²) in [5.41, 5.74) is 7.16. The third-order valence-electron chi connectivity index (χ3n) is 5.90. The SMILES string of the molecule is Cc1cccc(-c2cc(C(F)(F)F)ccc2CNC(=O)C(C)c2ccc(C(N)S(C)(=O)=O)c(F)c2)c1. The van der Waals surface area contributed by atoms with Gasteiger partial charge in [-0.1, -0.05) is 48.0 Å². The molecule has 0 spiro atoms. The highest BCUT2D eigenvalue weighted by atomic mass is 32.2. The lowest BCUT2D eigenvalue weighted by atomic mass is 9.95. The van der Waals surface area contributed by atoms with E-state index in [9.17, 15) is 30.8 Å². The summed E-state index contributed by atoms with van der Waals surface area (Å²) in [6.07, 6.45) is -3.63. The largest absolute Gasteiger partial charge is 0.416 e. The fourth-order valence-electron chi connectivity index (χ4n) is 3.75. The molecule has 0 aliphatic carbocycles. The third-order valence-corrected chi connectivity index (χ3v) is 7.08. The molecular weight excluding hydrogens is 496 g/mol. The monoisotopic (exact) mass is 522 g/mol. The average Bonchev–Trinajstić information content (AvgIpc) is 2.80. The molecule has 0 aliphatic heterocycles. The van der Waals surface area contributed by atoms with Gasteiger partial charge in [-0.2, -0.15) is 13.2 Å². The molecule has 192 valence electrons. The van der Waals surface area contributed by atoms with E-state index < -0.39 is 44.6 Å². The minimum atomic E-state index is -4.52. The highest BCUT2D eigenvalue weighted by molar-refractivity contribution is 7.90. The van der Waals surface area contributed by atoms with E-state index in [-0.39, 0.29) is 12.1 Å². The molecule has 36 heavy (non-hydrogen) atoms. The Kier molecular flexibility index (Phi) is 7.90. The minimum Gasteiger partial charge on any atom is -0.351 e. The van der Waals surface area contributed by atoms with Crippen molar-refractivity contribution < 1.29 is 30.8 Å². The van der Waals surface area contributed by atoms with E-state index in [1.807, 2.05) is 13.0 Å². The number of nitrogens with one attached hydrogen (secondary N) is 1. The Labute approximate surface area is 207 Å². The van der Waals surface area contributed by atoms with Gasteiger partial charge in [-0.25, -0.2) is 12.8 Å². The van der Waals surface area contributed by atoms with Gasteiger partial charge in [-0.05, 0) is 54.3 Å². The third kappa shape index (κ3) is 6.30. The highest BCUT2D eigenvalue weighted by Gasteiger charge is 2.31. The number of sulfone groups is 1. The summed E-state index contributed by atoms with van der Waals surface area (Å²) in [5, 5.41) is 1.17. The van der Waals surface area contributed by atoms with Gasteiger partial charge >= 0.3 is 6.18 Å². The van der Waals surface area contributed by atoms with Crippen LogP contribution in [0.2, 0.25) is 0 Å². The summed E-state index contributed by atoms with van der Waals surface area (Å²) in [4.78, 5) is 12.8. The Morgan fingerprint density at radius 2 is 1.75 bits per heavy atom. The van der Waals surface area contributed by atoms with E-state index in [2.05, 4.69) is 5.32 Å². The second kappa shape index (κ2) is 10.4. The van der Waals surface area contributed by atoms with Gasteiger partial charge < -0.3 is 11.1 Å². The van der Waals surface area contributed by atoms with Gasteiger partial charge in [0.2, 0.25) is 5.91 Å². The van der Waals surface area contributed by atoms with Crippen molar-refractivity contribution in [1.82, 2.24) is 5.32 Å². The van der Waals surface area contributed by atoms with Crippen LogP contribution in [0, 0.1) is 12.7 Å². The van der Waals surface area contributed by atoms with Crippen molar-refractivity contribution in [2.75, 3.05) is 6.26 Å². The maximum atomic E-state index is 14.5. The van der Waals surface area contributed by atoms with Crippen LogP contribution in [0.4, 0.5) is 17.6 Å². The first-order valence-electron chi connectivity index (χ1n) is 11.0. The van der Waals surface area contributed by atoms with Gasteiger partial charge in [-0.3, -0.25) is 4.79 Å². The Hall–Kier alpha value is -3.24. The van der Waals surface area contributed by atoms with Gasteiger partial charge in [0, 0.05) is 18.4 Å². The van der Waals surface area contributed by atoms with Gasteiger partial charge in [0.25, 0.3) is 0 Å². The molecule has 3 aromatic carbocycles. The maximum Gasteiger partial charge on any atom is 0.416 e. The topological polar surface area (TPSA) is 89.3 Å². The number of benzene rings is 3. The summed E-state index contributed by atoms with van der Waals surface area (Å²) < 4.78 is 77.8. The molecule has 0 fully saturated rings. The van der Waals surface area contributed by atoms with Crippen molar-refractivity contribution in [2.45, 2.75) is 37.9 Å². The molecule has 0 bridgehead atoms. The summed E-state index contributed by atoms with van der Waals surface area (Å²) in [6, 6.07) is 14.1. The standard InChI is InChI=1S/C26H26F4N2O3S/c1-15-5-4-6-18(11-15)22-13-20(26(28,29)30)9-7-19(22)14-32-25(33)16(2)17-8-10-21(23(27)12-17)24(31)36(3,34)35/h4-13,16,24H,14,31H2,1-3H3,(H,32,33). The minimum absolute atomic E-state index is 0.0515. The Morgan fingerprint density at radius 3 is 2.33 bits per heavy atom. The molecule has 0 radical (unpaired) electrons. The van der Waals surface area contributed by atoms with Crippen LogP contribution in [0.25, 0.3) is 11.1 Å². The summed E-state index contributed by atoms with van der Waals surface area (Å²) >= 11 is 0. The molecule has 2 unspecified atom stereocenters. The highest BCUT2D eigenvalue weighted by Crippen LogP contribution is 2.34. The average molecular weight is 523 g/mol. The second-order valence-electron chi connectivity index (χ2n) is 8.71. The van der Waals surface area contributed by atoms with Crippen molar-refractivity contribution in [3.8, 4) is 11.1 Å². The van der Waals surface area contributed by atoms with Crippen LogP contribution in [0.5, 0.6) is 0 Å². The first kappa shape index (κ1) is 27.3. The maximum absolute atomic E-state index is 14.5. The van der Waals surface area contributed by atoms with Crippen LogP contribution in [0.15, 0.2) is 60.7 Å². The second-order valence-corrected chi connectivity index (χ2v) is 10.9. The van der Waals surface area contributed by atoms with Gasteiger partial charge in [0.05, 0.1) is 11.5 Å². The number of halogens is 4. The number of alkyl halides is 3. The fourth-order valence-corrected chi connectivity index (χ4v) is 4.40. The predicted octanol–water partition coefficient (Wildman–Crippen LogP) is 5.24. The van der Waals surface area contributed by atoms with E-state index in [4.69, 9.17) is 5.73 Å². The van der Waals surface area contributed by atoms with Crippen LogP contribution in [-0.2, 0) is 27.4 Å². The van der Waals surface area contributed by atoms with Crippen LogP contribution in [0.1, 0.15) is 46.0 Å². The van der Waals surface area contributed by atoms with Gasteiger partial charge in [0.15, 0.2) is 9.84 Å². The first-order valence-corrected chi connectivity index (χ1v) is 12.9. The van der Waals surface area contributed by atoms with Crippen LogP contribution < -0.4 is 11.1 Å². The molecule has 0 aromatic heterocycles. The molecule has 0 heterocycles. The first-order chi connectivity index (χ1) is 16.7. The number of nitrogens with two attached hydrogens (primary N) is 1. The van der Waals surface area contributed by atoms with Crippen molar-refractivity contribution in [3.05, 3.63) is 94.3 Å². The lowest BCUT2D eigenvalue weighted by Gasteiger charge is -2.18. The van der Waals surface area contributed by atoms with E-state index in [0.717, 1.165) is 30.0 Å². The molecule has 10 heteroatoms. The molecule has 2 atom stereocenters. The summed E-state index contributed by atoms with van der Waals surface area (Å²) in [7, 11) is -3.72. The zero-order chi connectivity index (χ0) is 26.8. The number of aryl methyl sites for hydroxylation is 1. The lowest BCUT2D eigenvalue weighted by Crippen LogP contribution is -2.28. The zero-order valence-electron chi connectivity index (χ0n) is 19.9. The molecule has 3 rings (SSSR count). The van der Waals surface area contributed by atoms with Crippen LogP contribution in [0.3, 0.4) is 0 Å². The van der Waals surface area contributed by atoms with Crippen molar-refractivity contribution in [2.24, 2.45) is 5.73 Å². The van der Waals surface area contributed by atoms with Crippen LogP contribution >= 0.6 is 0 Å². The van der Waals surface area contributed by atoms with Crippen molar-refractivity contribution >= 4 is 15.7 Å². The molecule has 5 nitrogen and oxygen atoms in total. The van der Waals surface area contributed by atoms with Crippen molar-refractivity contribution in [3.63, 3.8) is 0 Å². The van der Waals surface area contributed by atoms with Crippen molar-refractivity contribution in [1.29, 1.82) is 0 Å². The lowest BCUT2D eigenvalue weighted by molar-refractivity contribution is -0.137. The molecule has 0 aliphatic rings. The van der Waals surface area contributed by atoms with E-state index in [0.29, 0.717) is 22.3 Å². The van der Waals surface area contributed by atoms with E-state index in [1.54, 1.807) is 18.2 Å². The van der Waals surface area contributed by atoms with Crippen LogP contribution in [-0.4, -0.2) is 20.6 Å². The molecule has 1 amide bonds. The molecule has 3 N–H and O–H groups in total. The zero-order valence-corrected chi connectivity index (χ0v) is 20.7. The number of hydrogen-bond donors (Lipinski definition) is 2. The van der Waals surface area contributed by atoms with Gasteiger partial charge in [-0.15, -0.1) is 0 Å². The predicted molar refractivity (Wildman–Crippen MR) is 130 cm³/mol. The summed E-state index contributed by atoms with van der Waals surface area (Å²) in [5.74, 6) is -2.15. The smallest absolute Gasteiger partial charge is 0.351 e.